The Hall–Kier alpha value is -2.88. The maximum Gasteiger partial charge on any atom is 0.251 e. The molecule has 0 saturated carbocycles. The van der Waals surface area contributed by atoms with Gasteiger partial charge < -0.3 is 5.32 Å². The molecule has 4 nitrogen and oxygen atoms in total. The maximum absolute atomic E-state index is 12.6. The van der Waals surface area contributed by atoms with Gasteiger partial charge in [-0.2, -0.15) is 0 Å². The summed E-state index contributed by atoms with van der Waals surface area (Å²) in [5, 5.41) is 3.90. The van der Waals surface area contributed by atoms with Crippen LogP contribution in [0.2, 0.25) is 0 Å². The van der Waals surface area contributed by atoms with E-state index in [2.05, 4.69) is 12.2 Å². The van der Waals surface area contributed by atoms with E-state index in [0.29, 0.717) is 0 Å². The van der Waals surface area contributed by atoms with Gasteiger partial charge in [-0.1, -0.05) is 43.7 Å². The van der Waals surface area contributed by atoms with Crippen LogP contribution in [0.25, 0.3) is 10.9 Å². The Morgan fingerprint density at radius 3 is 2.48 bits per heavy atom. The third kappa shape index (κ3) is 4.27. The van der Waals surface area contributed by atoms with Crippen LogP contribution in [0, 0.1) is 13.8 Å². The summed E-state index contributed by atoms with van der Waals surface area (Å²) in [5.74, 6) is -0.202. The van der Waals surface area contributed by atoms with Gasteiger partial charge in [0.05, 0.1) is 5.52 Å². The van der Waals surface area contributed by atoms with Crippen molar-refractivity contribution in [3.8, 4) is 0 Å². The van der Waals surface area contributed by atoms with Gasteiger partial charge in [0.1, 0.15) is 6.54 Å². The van der Waals surface area contributed by atoms with Crippen molar-refractivity contribution in [1.29, 1.82) is 0 Å². The second kappa shape index (κ2) is 8.21. The SMILES string of the molecule is CCCCc1ccc(NC(=O)Cn2c(=O)cc(C)c3cccc(C)c32)cc1. The highest BCUT2D eigenvalue weighted by Crippen LogP contribution is 2.20. The maximum atomic E-state index is 12.6. The summed E-state index contributed by atoms with van der Waals surface area (Å²) < 4.78 is 1.56. The Bertz CT molecular complexity index is 1020. The summed E-state index contributed by atoms with van der Waals surface area (Å²) in [6.45, 7) is 6.06. The predicted molar refractivity (Wildman–Crippen MR) is 111 cm³/mol. The molecule has 0 unspecified atom stereocenters. The number of rotatable bonds is 6. The standard InChI is InChI=1S/C23H26N2O2/c1-4-5-8-18-10-12-19(13-11-18)24-21(26)15-25-22(27)14-17(3)20-9-6-7-16(2)23(20)25/h6-7,9-14H,4-5,8,15H2,1-3H3,(H,24,26). The number of carbonyl (C=O) groups is 1. The molecule has 0 saturated heterocycles. The van der Waals surface area contributed by atoms with Crippen LogP contribution in [0.5, 0.6) is 0 Å². The van der Waals surface area contributed by atoms with Crippen molar-refractivity contribution in [2.45, 2.75) is 46.6 Å². The molecule has 3 aromatic rings. The summed E-state index contributed by atoms with van der Waals surface area (Å²) in [7, 11) is 0. The van der Waals surface area contributed by atoms with Crippen LogP contribution in [-0.4, -0.2) is 10.5 Å². The van der Waals surface area contributed by atoms with E-state index in [0.717, 1.165) is 47.0 Å². The molecule has 1 amide bonds. The number of nitrogens with one attached hydrogen (secondary N) is 1. The Morgan fingerprint density at radius 2 is 1.78 bits per heavy atom. The van der Waals surface area contributed by atoms with E-state index in [-0.39, 0.29) is 18.0 Å². The molecule has 0 atom stereocenters. The number of benzene rings is 2. The molecule has 27 heavy (non-hydrogen) atoms. The second-order valence-electron chi connectivity index (χ2n) is 7.07. The average Bonchev–Trinajstić information content (AvgIpc) is 2.64. The lowest BCUT2D eigenvalue weighted by atomic mass is 10.1. The Balaban J connectivity index is 1.81. The lowest BCUT2D eigenvalue weighted by Gasteiger charge is -2.14. The number of anilines is 1. The lowest BCUT2D eigenvalue weighted by Crippen LogP contribution is -2.28. The fourth-order valence-corrected chi connectivity index (χ4v) is 3.42. The highest BCUT2D eigenvalue weighted by atomic mass is 16.2. The van der Waals surface area contributed by atoms with Crippen molar-refractivity contribution in [1.82, 2.24) is 4.57 Å². The van der Waals surface area contributed by atoms with E-state index < -0.39 is 0 Å². The van der Waals surface area contributed by atoms with Crippen molar-refractivity contribution < 1.29 is 4.79 Å². The molecule has 0 aliphatic carbocycles. The van der Waals surface area contributed by atoms with Gasteiger partial charge in [-0.15, -0.1) is 0 Å². The number of amides is 1. The molecule has 0 bridgehead atoms. The van der Waals surface area contributed by atoms with E-state index >= 15 is 0 Å². The van der Waals surface area contributed by atoms with E-state index in [9.17, 15) is 9.59 Å². The number of pyridine rings is 1. The van der Waals surface area contributed by atoms with E-state index in [1.165, 1.54) is 5.56 Å². The van der Waals surface area contributed by atoms with Crippen LogP contribution < -0.4 is 10.9 Å². The van der Waals surface area contributed by atoms with Crippen LogP contribution >= 0.6 is 0 Å². The smallest absolute Gasteiger partial charge is 0.251 e. The third-order valence-electron chi connectivity index (χ3n) is 4.90. The van der Waals surface area contributed by atoms with Crippen LogP contribution in [-0.2, 0) is 17.8 Å². The van der Waals surface area contributed by atoms with Gasteiger partial charge in [0.15, 0.2) is 0 Å². The Morgan fingerprint density at radius 1 is 1.04 bits per heavy atom. The summed E-state index contributed by atoms with van der Waals surface area (Å²) in [6, 6.07) is 15.4. The molecule has 0 aliphatic heterocycles. The fourth-order valence-electron chi connectivity index (χ4n) is 3.42. The first kappa shape index (κ1) is 18.9. The number of hydrogen-bond acceptors (Lipinski definition) is 2. The first-order chi connectivity index (χ1) is 13.0. The molecule has 4 heteroatoms. The summed E-state index contributed by atoms with van der Waals surface area (Å²) in [5.41, 5.74) is 4.61. The Labute approximate surface area is 159 Å². The molecule has 3 rings (SSSR count). The molecule has 0 fully saturated rings. The molecule has 0 aliphatic rings. The second-order valence-corrected chi connectivity index (χ2v) is 7.07. The fraction of sp³-hybridized carbons (Fsp3) is 0.304. The third-order valence-corrected chi connectivity index (χ3v) is 4.90. The lowest BCUT2D eigenvalue weighted by molar-refractivity contribution is -0.116. The molecule has 140 valence electrons. The minimum absolute atomic E-state index is 0.00193. The molecule has 1 N–H and O–H groups in total. The van der Waals surface area contributed by atoms with Crippen molar-refractivity contribution >= 4 is 22.5 Å². The molecular formula is C23H26N2O2. The van der Waals surface area contributed by atoms with Crippen molar-refractivity contribution in [3.63, 3.8) is 0 Å². The summed E-state index contributed by atoms with van der Waals surface area (Å²) in [4.78, 5) is 25.1. The van der Waals surface area contributed by atoms with Gasteiger partial charge in [0.2, 0.25) is 5.91 Å². The molecule has 1 aromatic heterocycles. The molecular weight excluding hydrogens is 336 g/mol. The Kier molecular flexibility index (Phi) is 5.75. The largest absolute Gasteiger partial charge is 0.325 e. The zero-order chi connectivity index (χ0) is 19.4. The van der Waals surface area contributed by atoms with Gasteiger partial charge in [-0.05, 0) is 55.5 Å². The first-order valence-electron chi connectivity index (χ1n) is 9.48. The highest BCUT2D eigenvalue weighted by Gasteiger charge is 2.12. The van der Waals surface area contributed by atoms with Gasteiger partial charge in [0.25, 0.3) is 5.56 Å². The zero-order valence-electron chi connectivity index (χ0n) is 16.2. The monoisotopic (exact) mass is 362 g/mol. The number of carbonyl (C=O) groups excluding carboxylic acids is 1. The minimum Gasteiger partial charge on any atom is -0.325 e. The van der Waals surface area contributed by atoms with Gasteiger partial charge in [-0.3, -0.25) is 14.2 Å². The van der Waals surface area contributed by atoms with Crippen LogP contribution in [0.1, 0.15) is 36.5 Å². The number of para-hydroxylation sites is 1. The molecule has 1 heterocycles. The van der Waals surface area contributed by atoms with Crippen LogP contribution in [0.15, 0.2) is 53.3 Å². The zero-order valence-corrected chi connectivity index (χ0v) is 16.2. The van der Waals surface area contributed by atoms with E-state index in [1.807, 2.05) is 56.3 Å². The van der Waals surface area contributed by atoms with Gasteiger partial charge >= 0.3 is 0 Å². The van der Waals surface area contributed by atoms with Crippen molar-refractivity contribution in [2.24, 2.45) is 0 Å². The van der Waals surface area contributed by atoms with Crippen LogP contribution in [0.3, 0.4) is 0 Å². The number of aromatic nitrogens is 1. The molecule has 2 aromatic carbocycles. The molecule has 0 radical (unpaired) electrons. The number of aryl methyl sites for hydroxylation is 3. The minimum atomic E-state index is -0.202. The normalized spacial score (nSPS) is 10.9. The van der Waals surface area contributed by atoms with Gasteiger partial charge in [-0.25, -0.2) is 0 Å². The van der Waals surface area contributed by atoms with Crippen molar-refractivity contribution in [3.05, 3.63) is 75.6 Å². The number of fused-ring (bicyclic) bond motifs is 1. The van der Waals surface area contributed by atoms with E-state index in [4.69, 9.17) is 0 Å². The molecule has 0 spiro atoms. The first-order valence-corrected chi connectivity index (χ1v) is 9.48. The van der Waals surface area contributed by atoms with E-state index in [1.54, 1.807) is 10.6 Å². The quantitative estimate of drug-likeness (QED) is 0.697. The summed E-state index contributed by atoms with van der Waals surface area (Å²) in [6.07, 6.45) is 3.38. The van der Waals surface area contributed by atoms with Gasteiger partial charge in [0, 0.05) is 17.1 Å². The highest BCUT2D eigenvalue weighted by molar-refractivity contribution is 5.92. The topological polar surface area (TPSA) is 51.1 Å². The number of hydrogen-bond donors (Lipinski definition) is 1. The number of unbranched alkanes of at least 4 members (excludes halogenated alkanes) is 1. The van der Waals surface area contributed by atoms with Crippen molar-refractivity contribution in [2.75, 3.05) is 5.32 Å². The predicted octanol–water partition coefficient (Wildman–Crippen LogP) is 4.60. The summed E-state index contributed by atoms with van der Waals surface area (Å²) >= 11 is 0. The van der Waals surface area contributed by atoms with Crippen LogP contribution in [0.4, 0.5) is 5.69 Å². The average molecular weight is 362 g/mol. The number of nitrogens with zero attached hydrogens (tertiary/aromatic N) is 1.